The number of carbonyl (C=O) groups excluding carboxylic acids is 1. The lowest BCUT2D eigenvalue weighted by molar-refractivity contribution is -0.907. The van der Waals surface area contributed by atoms with E-state index < -0.39 is 0 Å². The van der Waals surface area contributed by atoms with Crippen molar-refractivity contribution in [3.05, 3.63) is 41.5 Å². The van der Waals surface area contributed by atoms with Crippen molar-refractivity contribution in [1.82, 2.24) is 0 Å². The Morgan fingerprint density at radius 2 is 1.81 bits per heavy atom. The Kier molecular flexibility index (Phi) is 4.87. The molecule has 1 N–H and O–H groups in total. The van der Waals surface area contributed by atoms with Gasteiger partial charge in [-0.25, -0.2) is 0 Å². The highest BCUT2D eigenvalue weighted by Gasteiger charge is 2.30. The first-order valence-electron chi connectivity index (χ1n) is 8.46. The second-order valence-corrected chi connectivity index (χ2v) is 6.55. The number of carbonyl (C=O) groups is 1. The molecule has 0 radical (unpaired) electrons. The Morgan fingerprint density at radius 3 is 2.57 bits per heavy atom. The molecule has 1 aliphatic heterocycles. The van der Waals surface area contributed by atoms with Crippen LogP contribution in [0.15, 0.2) is 35.9 Å². The standard InChI is InChI=1S/C19H25NO/c21-19-17(14-16-8-3-1-4-9-16)10-7-11-18(19)15-20-12-5-2-6-13-20/h1,3-4,8-9,14,18H,2,5-7,10-13,15H2/p+1/b17-14+/t18-/m0/s1. The van der Waals surface area contributed by atoms with Crippen LogP contribution in [0.1, 0.15) is 44.1 Å². The van der Waals surface area contributed by atoms with Gasteiger partial charge in [0, 0.05) is 0 Å². The van der Waals surface area contributed by atoms with Gasteiger partial charge in [-0.05, 0) is 55.7 Å². The summed E-state index contributed by atoms with van der Waals surface area (Å²) in [6.07, 6.45) is 9.38. The number of allylic oxidation sites excluding steroid dienone is 1. The van der Waals surface area contributed by atoms with Crippen molar-refractivity contribution in [2.24, 2.45) is 5.92 Å². The Labute approximate surface area is 127 Å². The van der Waals surface area contributed by atoms with Crippen molar-refractivity contribution in [1.29, 1.82) is 0 Å². The SMILES string of the molecule is O=C1/C(=C/c2ccccc2)CCC[C@H]1C[NH+]1CCCCC1. The van der Waals surface area contributed by atoms with Crippen molar-refractivity contribution >= 4 is 11.9 Å². The maximum Gasteiger partial charge on any atom is 0.167 e. The maximum absolute atomic E-state index is 12.7. The van der Waals surface area contributed by atoms with Gasteiger partial charge in [0.1, 0.15) is 0 Å². The Morgan fingerprint density at radius 1 is 1.05 bits per heavy atom. The minimum absolute atomic E-state index is 0.266. The highest BCUT2D eigenvalue weighted by atomic mass is 16.1. The van der Waals surface area contributed by atoms with Crippen LogP contribution in [0.5, 0.6) is 0 Å². The molecule has 1 heterocycles. The van der Waals surface area contributed by atoms with Gasteiger partial charge in [0.25, 0.3) is 0 Å². The Hall–Kier alpha value is -1.41. The van der Waals surface area contributed by atoms with E-state index in [9.17, 15) is 4.79 Å². The summed E-state index contributed by atoms with van der Waals surface area (Å²) < 4.78 is 0. The lowest BCUT2D eigenvalue weighted by Crippen LogP contribution is -3.13. The molecule has 1 saturated carbocycles. The molecule has 1 saturated heterocycles. The minimum atomic E-state index is 0.266. The highest BCUT2D eigenvalue weighted by molar-refractivity contribution is 6.01. The number of hydrogen-bond donors (Lipinski definition) is 1. The van der Waals surface area contributed by atoms with Gasteiger partial charge in [0.05, 0.1) is 25.6 Å². The fraction of sp³-hybridized carbons (Fsp3) is 0.526. The Balaban J connectivity index is 1.67. The summed E-state index contributed by atoms with van der Waals surface area (Å²) in [5.74, 6) is 0.685. The lowest BCUT2D eigenvalue weighted by Gasteiger charge is -2.29. The van der Waals surface area contributed by atoms with Crippen molar-refractivity contribution in [2.75, 3.05) is 19.6 Å². The second-order valence-electron chi connectivity index (χ2n) is 6.55. The number of nitrogens with one attached hydrogen (secondary N) is 1. The topological polar surface area (TPSA) is 21.5 Å². The zero-order valence-corrected chi connectivity index (χ0v) is 12.8. The molecule has 112 valence electrons. The molecule has 0 unspecified atom stereocenters. The first-order valence-corrected chi connectivity index (χ1v) is 8.46. The molecule has 3 rings (SSSR count). The zero-order chi connectivity index (χ0) is 14.5. The summed E-state index contributed by atoms with van der Waals surface area (Å²) in [7, 11) is 0. The van der Waals surface area contributed by atoms with E-state index in [1.165, 1.54) is 38.8 Å². The third-order valence-corrected chi connectivity index (χ3v) is 4.92. The maximum atomic E-state index is 12.7. The number of rotatable bonds is 3. The number of hydrogen-bond acceptors (Lipinski definition) is 1. The predicted molar refractivity (Wildman–Crippen MR) is 86.2 cm³/mol. The van der Waals surface area contributed by atoms with Crippen LogP contribution >= 0.6 is 0 Å². The molecule has 2 fully saturated rings. The molecule has 0 spiro atoms. The summed E-state index contributed by atoms with van der Waals surface area (Å²) in [6, 6.07) is 10.3. The number of piperidine rings is 1. The van der Waals surface area contributed by atoms with Gasteiger partial charge in [-0.15, -0.1) is 0 Å². The van der Waals surface area contributed by atoms with E-state index in [0.717, 1.165) is 30.5 Å². The van der Waals surface area contributed by atoms with E-state index in [4.69, 9.17) is 0 Å². The van der Waals surface area contributed by atoms with Gasteiger partial charge < -0.3 is 4.90 Å². The molecule has 1 atom stereocenters. The monoisotopic (exact) mass is 284 g/mol. The first kappa shape index (κ1) is 14.5. The van der Waals surface area contributed by atoms with Crippen LogP contribution in [0.25, 0.3) is 6.08 Å². The lowest BCUT2D eigenvalue weighted by atomic mass is 9.83. The van der Waals surface area contributed by atoms with Crippen molar-refractivity contribution in [2.45, 2.75) is 38.5 Å². The fourth-order valence-electron chi connectivity index (χ4n) is 3.75. The van der Waals surface area contributed by atoms with Gasteiger partial charge in [-0.1, -0.05) is 30.3 Å². The van der Waals surface area contributed by atoms with Crippen LogP contribution in [0, 0.1) is 5.92 Å². The van der Waals surface area contributed by atoms with E-state index in [-0.39, 0.29) is 5.92 Å². The number of Topliss-reactive ketones (excluding diaryl/α,β-unsaturated/α-hetero) is 1. The van der Waals surface area contributed by atoms with Crippen molar-refractivity contribution in [3.8, 4) is 0 Å². The average Bonchev–Trinajstić information content (AvgIpc) is 2.53. The van der Waals surface area contributed by atoms with Crippen LogP contribution < -0.4 is 4.90 Å². The number of ketones is 1. The molecule has 0 aromatic heterocycles. The van der Waals surface area contributed by atoms with E-state index in [0.29, 0.717) is 5.78 Å². The third-order valence-electron chi connectivity index (χ3n) is 4.92. The molecular formula is C19H26NO+. The van der Waals surface area contributed by atoms with Crippen LogP contribution in [0.3, 0.4) is 0 Å². The van der Waals surface area contributed by atoms with Gasteiger partial charge in [0.15, 0.2) is 5.78 Å². The number of likely N-dealkylation sites (tertiary alicyclic amines) is 1. The normalized spacial score (nSPS) is 26.2. The third kappa shape index (κ3) is 3.82. The van der Waals surface area contributed by atoms with Crippen LogP contribution in [0.4, 0.5) is 0 Å². The quantitative estimate of drug-likeness (QED) is 0.846. The molecular weight excluding hydrogens is 258 g/mol. The summed E-state index contributed by atoms with van der Waals surface area (Å²) in [4.78, 5) is 14.4. The van der Waals surface area contributed by atoms with E-state index >= 15 is 0 Å². The zero-order valence-electron chi connectivity index (χ0n) is 12.8. The minimum Gasteiger partial charge on any atom is -0.334 e. The summed E-state index contributed by atoms with van der Waals surface area (Å²) in [5, 5.41) is 0. The summed E-state index contributed by atoms with van der Waals surface area (Å²) in [5.41, 5.74) is 2.21. The molecule has 0 bridgehead atoms. The number of quaternary nitrogens is 1. The van der Waals surface area contributed by atoms with E-state index in [1.54, 1.807) is 4.90 Å². The van der Waals surface area contributed by atoms with Crippen LogP contribution in [-0.4, -0.2) is 25.4 Å². The average molecular weight is 284 g/mol. The van der Waals surface area contributed by atoms with Crippen molar-refractivity contribution < 1.29 is 9.69 Å². The fourth-order valence-corrected chi connectivity index (χ4v) is 3.75. The molecule has 21 heavy (non-hydrogen) atoms. The van der Waals surface area contributed by atoms with Crippen molar-refractivity contribution in [3.63, 3.8) is 0 Å². The highest BCUT2D eigenvalue weighted by Crippen LogP contribution is 2.26. The second kappa shape index (κ2) is 7.04. The van der Waals surface area contributed by atoms with Gasteiger partial charge in [-0.2, -0.15) is 0 Å². The molecule has 2 nitrogen and oxygen atoms in total. The molecule has 1 aromatic carbocycles. The van der Waals surface area contributed by atoms with E-state index in [1.807, 2.05) is 18.2 Å². The van der Waals surface area contributed by atoms with Crippen LogP contribution in [-0.2, 0) is 4.79 Å². The molecule has 1 aliphatic carbocycles. The van der Waals surface area contributed by atoms with Gasteiger partial charge >= 0.3 is 0 Å². The van der Waals surface area contributed by atoms with E-state index in [2.05, 4.69) is 18.2 Å². The first-order chi connectivity index (χ1) is 10.3. The molecule has 0 amide bonds. The largest absolute Gasteiger partial charge is 0.334 e. The summed E-state index contributed by atoms with van der Waals surface area (Å²) in [6.45, 7) is 3.59. The summed E-state index contributed by atoms with van der Waals surface area (Å²) >= 11 is 0. The predicted octanol–water partition coefficient (Wildman–Crippen LogP) is 2.51. The molecule has 1 aromatic rings. The molecule has 2 heteroatoms. The van der Waals surface area contributed by atoms with Crippen LogP contribution in [0.2, 0.25) is 0 Å². The molecule has 2 aliphatic rings. The Bertz CT molecular complexity index is 500. The van der Waals surface area contributed by atoms with Gasteiger partial charge in [-0.3, -0.25) is 4.79 Å². The smallest absolute Gasteiger partial charge is 0.167 e. The number of benzene rings is 1. The van der Waals surface area contributed by atoms with Gasteiger partial charge in [0.2, 0.25) is 0 Å².